The molecule has 4 rings (SSSR count). The van der Waals surface area contributed by atoms with Crippen molar-refractivity contribution in [3.8, 4) is 0 Å². The minimum Gasteiger partial charge on any atom is -0.349 e. The number of aromatic nitrogens is 1. The molecule has 0 bridgehead atoms. The quantitative estimate of drug-likeness (QED) is 0.756. The second-order valence-electron chi connectivity index (χ2n) is 8.73. The maximum Gasteiger partial charge on any atom is 0.253 e. The van der Waals surface area contributed by atoms with Crippen LogP contribution >= 0.6 is 0 Å². The Morgan fingerprint density at radius 2 is 1.81 bits per heavy atom. The third-order valence-electron chi connectivity index (χ3n) is 6.47. The zero-order valence-electron chi connectivity index (χ0n) is 17.9. The van der Waals surface area contributed by atoms with E-state index in [-0.39, 0.29) is 23.5 Å². The summed E-state index contributed by atoms with van der Waals surface area (Å²) < 4.78 is 13.0. The average molecular weight is 424 g/mol. The van der Waals surface area contributed by atoms with Crippen LogP contribution in [-0.2, 0) is 11.2 Å². The van der Waals surface area contributed by atoms with E-state index in [1.54, 1.807) is 18.3 Å². The molecule has 1 aliphatic heterocycles. The molecule has 1 saturated heterocycles. The SMILES string of the molecule is O=C(NC1CCCC1)c1ccc([C@H]2CCCN(C(=O)CCc3ccc(F)cc3)C2)nc1. The van der Waals surface area contributed by atoms with Crippen LogP contribution in [0.25, 0.3) is 0 Å². The predicted molar refractivity (Wildman–Crippen MR) is 117 cm³/mol. The minimum atomic E-state index is -0.261. The zero-order chi connectivity index (χ0) is 21.6. The molecule has 2 heterocycles. The largest absolute Gasteiger partial charge is 0.349 e. The van der Waals surface area contributed by atoms with E-state index in [9.17, 15) is 14.0 Å². The van der Waals surface area contributed by atoms with E-state index in [1.165, 1.54) is 25.0 Å². The van der Waals surface area contributed by atoms with Gasteiger partial charge in [-0.3, -0.25) is 14.6 Å². The molecule has 0 spiro atoms. The van der Waals surface area contributed by atoms with Gasteiger partial charge in [-0.15, -0.1) is 0 Å². The number of nitrogens with zero attached hydrogens (tertiary/aromatic N) is 2. The number of hydrogen-bond acceptors (Lipinski definition) is 3. The number of rotatable bonds is 6. The van der Waals surface area contributed by atoms with Crippen LogP contribution in [0.5, 0.6) is 0 Å². The second kappa shape index (κ2) is 10.0. The van der Waals surface area contributed by atoms with Crippen LogP contribution < -0.4 is 5.32 Å². The van der Waals surface area contributed by atoms with Crippen LogP contribution in [0, 0.1) is 5.82 Å². The Kier molecular flexibility index (Phi) is 6.95. The first-order valence-corrected chi connectivity index (χ1v) is 11.4. The summed E-state index contributed by atoms with van der Waals surface area (Å²) in [5.41, 5.74) is 2.50. The topological polar surface area (TPSA) is 62.3 Å². The van der Waals surface area contributed by atoms with Gasteiger partial charge in [-0.25, -0.2) is 4.39 Å². The van der Waals surface area contributed by atoms with Crippen LogP contribution in [0.2, 0.25) is 0 Å². The summed E-state index contributed by atoms with van der Waals surface area (Å²) in [5, 5.41) is 3.09. The van der Waals surface area contributed by atoms with Crippen molar-refractivity contribution in [2.45, 2.75) is 63.3 Å². The van der Waals surface area contributed by atoms with Gasteiger partial charge in [0.15, 0.2) is 0 Å². The highest BCUT2D eigenvalue weighted by atomic mass is 19.1. The molecule has 2 fully saturated rings. The summed E-state index contributed by atoms with van der Waals surface area (Å²) in [6.07, 6.45) is 9.12. The number of piperidine rings is 1. The normalized spacial score (nSPS) is 19.4. The van der Waals surface area contributed by atoms with E-state index in [1.807, 2.05) is 17.0 Å². The maximum absolute atomic E-state index is 13.0. The molecule has 6 heteroatoms. The van der Waals surface area contributed by atoms with Crippen molar-refractivity contribution >= 4 is 11.8 Å². The Morgan fingerprint density at radius 3 is 2.52 bits per heavy atom. The van der Waals surface area contributed by atoms with E-state index < -0.39 is 0 Å². The van der Waals surface area contributed by atoms with Gasteiger partial charge in [0.05, 0.1) is 5.56 Å². The van der Waals surface area contributed by atoms with E-state index in [2.05, 4.69) is 10.3 Å². The highest BCUT2D eigenvalue weighted by molar-refractivity contribution is 5.94. The molecule has 1 N–H and O–H groups in total. The fourth-order valence-electron chi connectivity index (χ4n) is 4.63. The number of nitrogens with one attached hydrogen (secondary N) is 1. The highest BCUT2D eigenvalue weighted by Gasteiger charge is 2.26. The van der Waals surface area contributed by atoms with Crippen molar-refractivity contribution < 1.29 is 14.0 Å². The lowest BCUT2D eigenvalue weighted by Gasteiger charge is -2.32. The van der Waals surface area contributed by atoms with Gasteiger partial charge in [0.25, 0.3) is 5.91 Å². The summed E-state index contributed by atoms with van der Waals surface area (Å²) >= 11 is 0. The zero-order valence-corrected chi connectivity index (χ0v) is 17.9. The molecule has 2 aliphatic rings. The van der Waals surface area contributed by atoms with E-state index in [0.717, 1.165) is 43.5 Å². The van der Waals surface area contributed by atoms with Gasteiger partial charge >= 0.3 is 0 Å². The number of aryl methyl sites for hydroxylation is 1. The first-order chi connectivity index (χ1) is 15.1. The van der Waals surface area contributed by atoms with Crippen molar-refractivity contribution in [3.05, 3.63) is 65.2 Å². The number of carbonyl (C=O) groups is 2. The number of halogens is 1. The fourth-order valence-corrected chi connectivity index (χ4v) is 4.63. The summed E-state index contributed by atoms with van der Waals surface area (Å²) in [6.45, 7) is 1.42. The number of amides is 2. The molecule has 0 radical (unpaired) electrons. The van der Waals surface area contributed by atoms with Gasteiger partial charge in [-0.05, 0) is 61.9 Å². The Bertz CT molecular complexity index is 892. The van der Waals surface area contributed by atoms with Gasteiger partial charge in [0.1, 0.15) is 5.82 Å². The lowest BCUT2D eigenvalue weighted by atomic mass is 9.93. The molecule has 1 aromatic heterocycles. The lowest BCUT2D eigenvalue weighted by Crippen LogP contribution is -2.39. The van der Waals surface area contributed by atoms with Crippen LogP contribution in [0.4, 0.5) is 4.39 Å². The molecule has 2 amide bonds. The predicted octanol–water partition coefficient (Wildman–Crippen LogP) is 4.23. The Labute approximate surface area is 183 Å². The monoisotopic (exact) mass is 423 g/mol. The van der Waals surface area contributed by atoms with Crippen molar-refractivity contribution in [2.75, 3.05) is 13.1 Å². The molecule has 5 nitrogen and oxygen atoms in total. The Morgan fingerprint density at radius 1 is 1.03 bits per heavy atom. The first kappa shape index (κ1) is 21.5. The number of likely N-dealkylation sites (tertiary alicyclic amines) is 1. The van der Waals surface area contributed by atoms with Crippen molar-refractivity contribution in [3.63, 3.8) is 0 Å². The number of hydrogen-bond donors (Lipinski definition) is 1. The number of pyridine rings is 1. The Balaban J connectivity index is 1.30. The number of carbonyl (C=O) groups excluding carboxylic acids is 2. The molecule has 2 aromatic rings. The number of benzene rings is 1. The van der Waals surface area contributed by atoms with E-state index >= 15 is 0 Å². The van der Waals surface area contributed by atoms with Crippen molar-refractivity contribution in [1.82, 2.24) is 15.2 Å². The van der Waals surface area contributed by atoms with E-state index in [0.29, 0.717) is 31.0 Å². The standard InChI is InChI=1S/C25H30FN3O2/c26-21-11-7-18(8-12-21)9-14-24(30)29-15-3-4-20(17-29)23-13-10-19(16-27-23)25(31)28-22-5-1-2-6-22/h7-8,10-13,16,20,22H,1-6,9,14-15,17H2,(H,28,31)/t20-/m0/s1. The van der Waals surface area contributed by atoms with Gasteiger partial charge in [0.2, 0.25) is 5.91 Å². The van der Waals surface area contributed by atoms with Crippen LogP contribution in [0.15, 0.2) is 42.6 Å². The van der Waals surface area contributed by atoms with Crippen LogP contribution in [0.3, 0.4) is 0 Å². The fraction of sp³-hybridized carbons (Fsp3) is 0.480. The molecule has 1 aromatic carbocycles. The van der Waals surface area contributed by atoms with Gasteiger partial charge in [-0.2, -0.15) is 0 Å². The molecule has 1 atom stereocenters. The minimum absolute atomic E-state index is 0.0489. The van der Waals surface area contributed by atoms with Crippen molar-refractivity contribution in [2.24, 2.45) is 0 Å². The second-order valence-corrected chi connectivity index (χ2v) is 8.73. The molecule has 1 saturated carbocycles. The summed E-state index contributed by atoms with van der Waals surface area (Å²) in [7, 11) is 0. The van der Waals surface area contributed by atoms with E-state index in [4.69, 9.17) is 0 Å². The maximum atomic E-state index is 13.0. The molecule has 1 aliphatic carbocycles. The van der Waals surface area contributed by atoms with Crippen molar-refractivity contribution in [1.29, 1.82) is 0 Å². The third-order valence-corrected chi connectivity index (χ3v) is 6.47. The van der Waals surface area contributed by atoms with Crippen LogP contribution in [0.1, 0.15) is 72.5 Å². The summed E-state index contributed by atoms with van der Waals surface area (Å²) in [5.74, 6) is 0.00716. The van der Waals surface area contributed by atoms with Gasteiger partial charge in [0, 0.05) is 43.4 Å². The summed E-state index contributed by atoms with van der Waals surface area (Å²) in [6, 6.07) is 10.4. The first-order valence-electron chi connectivity index (χ1n) is 11.4. The smallest absolute Gasteiger partial charge is 0.253 e. The Hall–Kier alpha value is -2.76. The molecule has 164 valence electrons. The third kappa shape index (κ3) is 5.69. The lowest BCUT2D eigenvalue weighted by molar-refractivity contribution is -0.132. The molecular weight excluding hydrogens is 393 g/mol. The molecule has 0 unspecified atom stereocenters. The molecule has 31 heavy (non-hydrogen) atoms. The van der Waals surface area contributed by atoms with Gasteiger partial charge in [-0.1, -0.05) is 25.0 Å². The summed E-state index contributed by atoms with van der Waals surface area (Å²) in [4.78, 5) is 31.6. The van der Waals surface area contributed by atoms with Crippen LogP contribution in [-0.4, -0.2) is 40.8 Å². The average Bonchev–Trinajstić information content (AvgIpc) is 3.32. The van der Waals surface area contributed by atoms with Gasteiger partial charge < -0.3 is 10.2 Å². The highest BCUT2D eigenvalue weighted by Crippen LogP contribution is 2.26. The molecular formula is C25H30FN3O2.